The van der Waals surface area contributed by atoms with Gasteiger partial charge < -0.3 is 10.6 Å². The van der Waals surface area contributed by atoms with Crippen molar-refractivity contribution < 1.29 is 4.79 Å². The number of allylic oxidation sites excluding steroid dienone is 3. The van der Waals surface area contributed by atoms with E-state index in [0.717, 1.165) is 22.5 Å². The van der Waals surface area contributed by atoms with Crippen LogP contribution in [0.2, 0.25) is 0 Å². The Morgan fingerprint density at radius 1 is 1.31 bits per heavy atom. The molecule has 5 nitrogen and oxygen atoms in total. The number of terminal acetylenes is 1. The number of hydrogen-bond donors (Lipinski definition) is 2. The largest absolute Gasteiger partial charge is 0.341 e. The quantitative estimate of drug-likeness (QED) is 0.817. The maximum Gasteiger partial charge on any atom is 0.252 e. The fourth-order valence-electron chi connectivity index (χ4n) is 2.67. The van der Waals surface area contributed by atoms with Crippen molar-refractivity contribution in [2.24, 2.45) is 5.92 Å². The number of carbonyl (C=O) groups excluding carboxylic acids is 1. The van der Waals surface area contributed by atoms with E-state index in [1.54, 1.807) is 18.3 Å². The smallest absolute Gasteiger partial charge is 0.252 e. The van der Waals surface area contributed by atoms with Gasteiger partial charge in [-0.2, -0.15) is 0 Å². The van der Waals surface area contributed by atoms with Gasteiger partial charge in [-0.1, -0.05) is 37.1 Å². The molecule has 130 valence electrons. The number of nitrogens with zero attached hydrogens (tertiary/aromatic N) is 2. The van der Waals surface area contributed by atoms with Gasteiger partial charge in [0.15, 0.2) is 0 Å². The highest BCUT2D eigenvalue weighted by atomic mass is 16.1. The first kappa shape index (κ1) is 17.4. The molecule has 2 N–H and O–H groups in total. The van der Waals surface area contributed by atoms with Crippen LogP contribution in [-0.4, -0.2) is 22.4 Å². The van der Waals surface area contributed by atoms with Crippen LogP contribution >= 0.6 is 0 Å². The lowest BCUT2D eigenvalue weighted by molar-refractivity contribution is 0.0958. The Labute approximate surface area is 153 Å². The van der Waals surface area contributed by atoms with E-state index in [2.05, 4.69) is 45.6 Å². The predicted octanol–water partition coefficient (Wildman–Crippen LogP) is 3.32. The van der Waals surface area contributed by atoms with E-state index in [9.17, 15) is 4.79 Å². The minimum absolute atomic E-state index is 0.189. The Kier molecular flexibility index (Phi) is 5.14. The number of rotatable bonds is 5. The van der Waals surface area contributed by atoms with Gasteiger partial charge in [-0.25, -0.2) is 9.97 Å². The Bertz CT molecular complexity index is 920. The van der Waals surface area contributed by atoms with Crippen LogP contribution in [-0.2, 0) is 0 Å². The van der Waals surface area contributed by atoms with Crippen molar-refractivity contribution in [2.45, 2.75) is 13.8 Å². The van der Waals surface area contributed by atoms with Crippen molar-refractivity contribution in [2.75, 3.05) is 11.9 Å². The van der Waals surface area contributed by atoms with Gasteiger partial charge in [0, 0.05) is 23.0 Å². The molecule has 0 spiro atoms. The fourth-order valence-corrected chi connectivity index (χ4v) is 2.67. The monoisotopic (exact) mass is 344 g/mol. The number of amides is 1. The topological polar surface area (TPSA) is 66.9 Å². The van der Waals surface area contributed by atoms with Crippen molar-refractivity contribution in [1.82, 2.24) is 15.3 Å². The van der Waals surface area contributed by atoms with Gasteiger partial charge >= 0.3 is 0 Å². The number of aryl methyl sites for hydroxylation is 1. The van der Waals surface area contributed by atoms with Gasteiger partial charge in [-0.15, -0.1) is 6.42 Å². The first-order chi connectivity index (χ1) is 12.6. The molecule has 5 heteroatoms. The van der Waals surface area contributed by atoms with Crippen molar-refractivity contribution >= 4 is 11.9 Å². The summed E-state index contributed by atoms with van der Waals surface area (Å²) in [5.41, 5.74) is 4.26. The van der Waals surface area contributed by atoms with Crippen LogP contribution in [0.15, 0.2) is 54.4 Å². The van der Waals surface area contributed by atoms with E-state index in [0.29, 0.717) is 17.4 Å². The Morgan fingerprint density at radius 2 is 2.08 bits per heavy atom. The van der Waals surface area contributed by atoms with Crippen LogP contribution in [0.3, 0.4) is 0 Å². The predicted molar refractivity (Wildman–Crippen MR) is 103 cm³/mol. The van der Waals surface area contributed by atoms with Crippen LogP contribution in [0.4, 0.5) is 5.95 Å². The van der Waals surface area contributed by atoms with Crippen molar-refractivity contribution in [3.8, 4) is 23.6 Å². The maximum atomic E-state index is 11.9. The average molecular weight is 344 g/mol. The molecule has 1 aromatic heterocycles. The summed E-state index contributed by atoms with van der Waals surface area (Å²) < 4.78 is 0. The lowest BCUT2D eigenvalue weighted by Gasteiger charge is -2.10. The van der Waals surface area contributed by atoms with Gasteiger partial charge in [-0.05, 0) is 36.6 Å². The highest BCUT2D eigenvalue weighted by Gasteiger charge is 2.11. The number of anilines is 1. The number of aromatic nitrogens is 2. The molecule has 1 unspecified atom stereocenters. The summed E-state index contributed by atoms with van der Waals surface area (Å²) in [6.07, 6.45) is 13.2. The van der Waals surface area contributed by atoms with Crippen molar-refractivity contribution in [1.29, 1.82) is 0 Å². The molecule has 2 aromatic rings. The molecular formula is C21H20N4O. The zero-order chi connectivity index (χ0) is 18.5. The number of benzene rings is 1. The van der Waals surface area contributed by atoms with Crippen molar-refractivity contribution in [3.63, 3.8) is 0 Å². The zero-order valence-corrected chi connectivity index (χ0v) is 14.8. The minimum Gasteiger partial charge on any atom is -0.341 e. The Hall–Kier alpha value is -3.39. The van der Waals surface area contributed by atoms with E-state index in [4.69, 9.17) is 6.42 Å². The molecule has 0 saturated heterocycles. The molecule has 0 fully saturated rings. The van der Waals surface area contributed by atoms with Crippen LogP contribution in [0, 0.1) is 25.2 Å². The molecule has 0 aliphatic heterocycles. The molecule has 0 bridgehead atoms. The third kappa shape index (κ3) is 3.98. The van der Waals surface area contributed by atoms with Gasteiger partial charge in [0.25, 0.3) is 5.91 Å². The van der Waals surface area contributed by atoms with E-state index in [1.165, 1.54) is 0 Å². The molecule has 1 aliphatic rings. The van der Waals surface area contributed by atoms with Crippen molar-refractivity contribution in [3.05, 3.63) is 65.5 Å². The summed E-state index contributed by atoms with van der Waals surface area (Å²) in [7, 11) is 0. The lowest BCUT2D eigenvalue weighted by Crippen LogP contribution is -2.23. The normalized spacial score (nSPS) is 15.3. The summed E-state index contributed by atoms with van der Waals surface area (Å²) in [6.45, 7) is 4.29. The molecule has 1 aliphatic carbocycles. The van der Waals surface area contributed by atoms with E-state index >= 15 is 0 Å². The summed E-state index contributed by atoms with van der Waals surface area (Å²) >= 11 is 0. The molecule has 1 heterocycles. The van der Waals surface area contributed by atoms with Gasteiger partial charge in [-0.3, -0.25) is 4.79 Å². The summed E-state index contributed by atoms with van der Waals surface area (Å²) in [6, 6.07) is 7.28. The summed E-state index contributed by atoms with van der Waals surface area (Å²) in [5, 5.41) is 5.88. The Morgan fingerprint density at radius 3 is 2.73 bits per heavy atom. The second-order valence-electron chi connectivity index (χ2n) is 6.15. The molecule has 1 atom stereocenters. The number of hydrogen-bond acceptors (Lipinski definition) is 4. The number of nitrogens with one attached hydrogen (secondary N) is 2. The zero-order valence-electron chi connectivity index (χ0n) is 14.8. The Balaban J connectivity index is 1.81. The van der Waals surface area contributed by atoms with Gasteiger partial charge in [0.2, 0.25) is 5.95 Å². The second kappa shape index (κ2) is 7.66. The van der Waals surface area contributed by atoms with Gasteiger partial charge in [0.1, 0.15) is 0 Å². The van der Waals surface area contributed by atoms with E-state index in [-0.39, 0.29) is 12.5 Å². The minimum atomic E-state index is -0.189. The third-order valence-electron chi connectivity index (χ3n) is 4.02. The summed E-state index contributed by atoms with van der Waals surface area (Å²) in [5.74, 6) is 3.16. The lowest BCUT2D eigenvalue weighted by atomic mass is 10.1. The molecule has 0 saturated carbocycles. The van der Waals surface area contributed by atoms with Crippen LogP contribution in [0.1, 0.15) is 22.8 Å². The molecule has 0 radical (unpaired) electrons. The highest BCUT2D eigenvalue weighted by Crippen LogP contribution is 2.23. The van der Waals surface area contributed by atoms with Crippen LogP contribution in [0.25, 0.3) is 11.3 Å². The molecular weight excluding hydrogens is 324 g/mol. The molecule has 1 amide bonds. The molecule has 1 aromatic carbocycles. The molecule has 26 heavy (non-hydrogen) atoms. The summed E-state index contributed by atoms with van der Waals surface area (Å²) in [4.78, 5) is 20.9. The number of carbonyl (C=O) groups is 1. The fraction of sp³-hybridized carbons (Fsp3) is 0.190. The second-order valence-corrected chi connectivity index (χ2v) is 6.15. The third-order valence-corrected chi connectivity index (χ3v) is 4.02. The first-order valence-corrected chi connectivity index (χ1v) is 8.39. The van der Waals surface area contributed by atoms with Gasteiger partial charge in [0.05, 0.1) is 12.2 Å². The highest BCUT2D eigenvalue weighted by molar-refractivity contribution is 5.94. The van der Waals surface area contributed by atoms with E-state index in [1.807, 2.05) is 25.1 Å². The van der Waals surface area contributed by atoms with Crippen LogP contribution < -0.4 is 10.6 Å². The maximum absolute atomic E-state index is 11.9. The standard InChI is InChI=1S/C21H20N4O/c1-4-11-22-20(26)17-8-6-16(7-9-17)19-15(3)13-23-21(25-19)24-18-10-5-14(2)12-18/h1,5-10,12-14H,11H2,2-3H3,(H,22,26)(H,23,24,25). The van der Waals surface area contributed by atoms with Crippen LogP contribution in [0.5, 0.6) is 0 Å². The van der Waals surface area contributed by atoms with E-state index < -0.39 is 0 Å². The first-order valence-electron chi connectivity index (χ1n) is 8.39. The average Bonchev–Trinajstić information content (AvgIpc) is 3.06. The SMILES string of the molecule is C#CCNC(=O)c1ccc(-c2nc(NC3=CC(C)C=C3)ncc2C)cc1. The molecule has 3 rings (SSSR count).